The summed E-state index contributed by atoms with van der Waals surface area (Å²) in [5.74, 6) is 0.606. The third kappa shape index (κ3) is 3.58. The zero-order valence-electron chi connectivity index (χ0n) is 16.3. The molecule has 8 heteroatoms. The first-order valence-corrected chi connectivity index (χ1v) is 11.0. The molecule has 0 amide bonds. The summed E-state index contributed by atoms with van der Waals surface area (Å²) in [5.41, 5.74) is 4.93. The van der Waals surface area contributed by atoms with Crippen LogP contribution in [0.2, 0.25) is 0 Å². The van der Waals surface area contributed by atoms with Gasteiger partial charge in [-0.2, -0.15) is 0 Å². The van der Waals surface area contributed by atoms with Gasteiger partial charge in [-0.25, -0.2) is 28.5 Å². The summed E-state index contributed by atoms with van der Waals surface area (Å²) in [6, 6.07) is 24.5. The highest BCUT2D eigenvalue weighted by atomic mass is 32.2. The average molecular weight is 427 g/mol. The molecule has 5 aromatic rings. The molecule has 31 heavy (non-hydrogen) atoms. The lowest BCUT2D eigenvalue weighted by molar-refractivity contribution is 0.598. The summed E-state index contributed by atoms with van der Waals surface area (Å²) in [5, 5.41) is 5.22. The van der Waals surface area contributed by atoms with Crippen molar-refractivity contribution in [2.75, 3.05) is 0 Å². The van der Waals surface area contributed by atoms with Crippen LogP contribution in [-0.4, -0.2) is 27.9 Å². The molecule has 0 bridgehead atoms. The molecule has 2 heterocycles. The van der Waals surface area contributed by atoms with E-state index in [1.165, 1.54) is 12.1 Å². The molecule has 0 saturated carbocycles. The number of imidazole rings is 1. The van der Waals surface area contributed by atoms with Crippen molar-refractivity contribution in [3.8, 4) is 28.2 Å². The van der Waals surface area contributed by atoms with Gasteiger partial charge in [-0.3, -0.25) is 4.57 Å². The molecule has 0 fully saturated rings. The van der Waals surface area contributed by atoms with Crippen LogP contribution in [0, 0.1) is 0 Å². The highest BCUT2D eigenvalue weighted by Crippen LogP contribution is 2.29. The van der Waals surface area contributed by atoms with Gasteiger partial charge in [-0.1, -0.05) is 42.5 Å². The predicted octanol–water partition coefficient (Wildman–Crippen LogP) is 3.80. The quantitative estimate of drug-likeness (QED) is 0.470. The largest absolute Gasteiger partial charge is 0.275 e. The predicted molar refractivity (Wildman–Crippen MR) is 119 cm³/mol. The molecule has 0 unspecified atom stereocenters. The topological polar surface area (TPSA) is 104 Å². The Bertz CT molecular complexity index is 1480. The van der Waals surface area contributed by atoms with E-state index in [0.29, 0.717) is 17.1 Å². The Morgan fingerprint density at radius 2 is 1.32 bits per heavy atom. The summed E-state index contributed by atoms with van der Waals surface area (Å²) >= 11 is 0. The fraction of sp³-hybridized carbons (Fsp3) is 0. The van der Waals surface area contributed by atoms with Crippen LogP contribution in [0.4, 0.5) is 0 Å². The minimum absolute atomic E-state index is 0.0439. The van der Waals surface area contributed by atoms with E-state index in [4.69, 9.17) is 5.14 Å². The molecule has 0 aliphatic rings. The van der Waals surface area contributed by atoms with E-state index in [1.54, 1.807) is 24.5 Å². The SMILES string of the molecule is NS(=O)(=O)c1ccc(-c2nc3nccnc3n2-c2ccc(-c3ccccc3)cc2)cc1. The van der Waals surface area contributed by atoms with Crippen LogP contribution in [-0.2, 0) is 10.0 Å². The van der Waals surface area contributed by atoms with Gasteiger partial charge in [0.2, 0.25) is 10.0 Å². The van der Waals surface area contributed by atoms with Crippen molar-refractivity contribution in [1.82, 2.24) is 19.5 Å². The maximum Gasteiger partial charge on any atom is 0.238 e. The molecular weight excluding hydrogens is 410 g/mol. The summed E-state index contributed by atoms with van der Waals surface area (Å²) in [6.07, 6.45) is 3.21. The Morgan fingerprint density at radius 1 is 0.710 bits per heavy atom. The number of benzene rings is 3. The van der Waals surface area contributed by atoms with Gasteiger partial charge in [-0.05, 0) is 47.5 Å². The van der Waals surface area contributed by atoms with E-state index in [1.807, 2.05) is 47.0 Å². The van der Waals surface area contributed by atoms with Gasteiger partial charge in [0.05, 0.1) is 4.90 Å². The first kappa shape index (κ1) is 19.1. The van der Waals surface area contributed by atoms with Crippen LogP contribution >= 0.6 is 0 Å². The number of rotatable bonds is 4. The Labute approximate surface area is 178 Å². The van der Waals surface area contributed by atoms with E-state index in [9.17, 15) is 8.42 Å². The lowest BCUT2D eigenvalue weighted by atomic mass is 10.1. The number of nitrogens with zero attached hydrogens (tertiary/aromatic N) is 4. The molecule has 3 aromatic carbocycles. The van der Waals surface area contributed by atoms with Crippen molar-refractivity contribution in [2.45, 2.75) is 4.90 Å². The number of aromatic nitrogens is 4. The molecule has 0 aliphatic heterocycles. The zero-order chi connectivity index (χ0) is 21.4. The van der Waals surface area contributed by atoms with Crippen molar-refractivity contribution in [3.63, 3.8) is 0 Å². The maximum atomic E-state index is 11.6. The van der Waals surface area contributed by atoms with E-state index in [2.05, 4.69) is 27.1 Å². The molecule has 7 nitrogen and oxygen atoms in total. The zero-order valence-corrected chi connectivity index (χ0v) is 17.1. The minimum atomic E-state index is -3.77. The monoisotopic (exact) mass is 427 g/mol. The lowest BCUT2D eigenvalue weighted by Crippen LogP contribution is -2.11. The van der Waals surface area contributed by atoms with Gasteiger partial charge in [0.25, 0.3) is 0 Å². The van der Waals surface area contributed by atoms with Crippen molar-refractivity contribution < 1.29 is 8.42 Å². The van der Waals surface area contributed by atoms with Gasteiger partial charge < -0.3 is 0 Å². The number of hydrogen-bond donors (Lipinski definition) is 1. The molecule has 5 rings (SSSR count). The Hall–Kier alpha value is -3.88. The molecule has 0 radical (unpaired) electrons. The molecule has 0 atom stereocenters. The molecular formula is C23H17N5O2S. The van der Waals surface area contributed by atoms with E-state index in [0.717, 1.165) is 22.4 Å². The van der Waals surface area contributed by atoms with Crippen LogP contribution in [0.5, 0.6) is 0 Å². The summed E-state index contributed by atoms with van der Waals surface area (Å²) < 4.78 is 25.1. The van der Waals surface area contributed by atoms with E-state index >= 15 is 0 Å². The van der Waals surface area contributed by atoms with Gasteiger partial charge in [0.1, 0.15) is 5.82 Å². The van der Waals surface area contributed by atoms with E-state index < -0.39 is 10.0 Å². The number of fused-ring (bicyclic) bond motifs is 1. The standard InChI is InChI=1S/C23H17N5O2S/c24-31(29,30)20-12-8-18(9-13-20)22-27-21-23(26-15-14-25-21)28(22)19-10-6-17(7-11-19)16-4-2-1-3-5-16/h1-15H,(H2,24,29,30). The normalized spacial score (nSPS) is 11.6. The van der Waals surface area contributed by atoms with Gasteiger partial charge in [0.15, 0.2) is 11.3 Å². The molecule has 0 aliphatic carbocycles. The first-order chi connectivity index (χ1) is 15.0. The summed E-state index contributed by atoms with van der Waals surface area (Å²) in [4.78, 5) is 13.5. The second-order valence-electron chi connectivity index (χ2n) is 6.96. The van der Waals surface area contributed by atoms with Crippen molar-refractivity contribution in [3.05, 3.63) is 91.3 Å². The first-order valence-electron chi connectivity index (χ1n) is 9.49. The number of primary sulfonamides is 1. The third-order valence-corrected chi connectivity index (χ3v) is 5.90. The highest BCUT2D eigenvalue weighted by molar-refractivity contribution is 7.89. The minimum Gasteiger partial charge on any atom is -0.275 e. The van der Waals surface area contributed by atoms with Crippen LogP contribution in [0.25, 0.3) is 39.5 Å². The van der Waals surface area contributed by atoms with Crippen molar-refractivity contribution >= 4 is 21.3 Å². The van der Waals surface area contributed by atoms with Gasteiger partial charge in [0, 0.05) is 23.6 Å². The molecule has 2 aromatic heterocycles. The molecule has 152 valence electrons. The van der Waals surface area contributed by atoms with E-state index in [-0.39, 0.29) is 4.90 Å². The van der Waals surface area contributed by atoms with Gasteiger partial charge in [-0.15, -0.1) is 0 Å². The van der Waals surface area contributed by atoms with Crippen molar-refractivity contribution in [1.29, 1.82) is 0 Å². The second kappa shape index (κ2) is 7.42. The Balaban J connectivity index is 1.65. The highest BCUT2D eigenvalue weighted by Gasteiger charge is 2.17. The summed E-state index contributed by atoms with van der Waals surface area (Å²) in [7, 11) is -3.77. The Morgan fingerprint density at radius 3 is 2.00 bits per heavy atom. The maximum absolute atomic E-state index is 11.6. The summed E-state index contributed by atoms with van der Waals surface area (Å²) in [6.45, 7) is 0. The smallest absolute Gasteiger partial charge is 0.238 e. The average Bonchev–Trinajstić information content (AvgIpc) is 3.19. The number of sulfonamides is 1. The van der Waals surface area contributed by atoms with Crippen LogP contribution in [0.15, 0.2) is 96.2 Å². The fourth-order valence-corrected chi connectivity index (χ4v) is 3.99. The number of nitrogens with two attached hydrogens (primary N) is 1. The lowest BCUT2D eigenvalue weighted by Gasteiger charge is -2.10. The van der Waals surface area contributed by atoms with Crippen LogP contribution in [0.3, 0.4) is 0 Å². The fourth-order valence-electron chi connectivity index (χ4n) is 3.48. The Kier molecular flexibility index (Phi) is 4.58. The van der Waals surface area contributed by atoms with Crippen LogP contribution in [0.1, 0.15) is 0 Å². The second-order valence-corrected chi connectivity index (χ2v) is 8.52. The van der Waals surface area contributed by atoms with Crippen LogP contribution < -0.4 is 5.14 Å². The molecule has 0 spiro atoms. The molecule has 0 saturated heterocycles. The van der Waals surface area contributed by atoms with Crippen molar-refractivity contribution in [2.24, 2.45) is 5.14 Å². The molecule has 2 N–H and O–H groups in total. The third-order valence-electron chi connectivity index (χ3n) is 4.97. The number of hydrogen-bond acceptors (Lipinski definition) is 5. The van der Waals surface area contributed by atoms with Gasteiger partial charge >= 0.3 is 0 Å².